The largest absolute Gasteiger partial charge is 0.366 e. The van der Waals surface area contributed by atoms with E-state index in [1.807, 2.05) is 29.2 Å². The lowest BCUT2D eigenvalue weighted by Gasteiger charge is -2.28. The first kappa shape index (κ1) is 22.3. The highest BCUT2D eigenvalue weighted by Gasteiger charge is 2.23. The molecular weight excluding hydrogens is 472 g/mol. The summed E-state index contributed by atoms with van der Waals surface area (Å²) in [6.45, 7) is 1.57. The number of carbonyl (C=O) groups is 1. The molecule has 1 fully saturated rings. The number of hydrogen-bond donors (Lipinski definition) is 1. The molecule has 1 N–H and O–H groups in total. The molecule has 0 saturated carbocycles. The Labute approximate surface area is 205 Å². The van der Waals surface area contributed by atoms with Crippen LogP contribution in [0.15, 0.2) is 60.7 Å². The van der Waals surface area contributed by atoms with Gasteiger partial charge in [0.2, 0.25) is 0 Å². The Morgan fingerprint density at radius 1 is 1.06 bits per heavy atom. The summed E-state index contributed by atoms with van der Waals surface area (Å²) in [7, 11) is 0. The summed E-state index contributed by atoms with van der Waals surface area (Å²) in [6.07, 6.45) is 3.14. The van der Waals surface area contributed by atoms with Gasteiger partial charge in [-0.1, -0.05) is 23.7 Å². The summed E-state index contributed by atoms with van der Waals surface area (Å²) in [6, 6.07) is 17.7. The number of nitrogens with zero attached hydrogens (tertiary/aromatic N) is 3. The van der Waals surface area contributed by atoms with Crippen molar-refractivity contribution in [1.29, 1.82) is 0 Å². The first-order valence-electron chi connectivity index (χ1n) is 11.0. The third-order valence-electron chi connectivity index (χ3n) is 5.88. The Kier molecular flexibility index (Phi) is 6.17. The quantitative estimate of drug-likeness (QED) is 0.245. The molecule has 0 radical (unpaired) electrons. The van der Waals surface area contributed by atoms with Crippen molar-refractivity contribution in [2.24, 2.45) is 0 Å². The second kappa shape index (κ2) is 9.40. The van der Waals surface area contributed by atoms with E-state index in [0.717, 1.165) is 47.6 Å². The van der Waals surface area contributed by atoms with Gasteiger partial charge in [0.15, 0.2) is 0 Å². The predicted molar refractivity (Wildman–Crippen MR) is 137 cm³/mol. The fourth-order valence-electron chi connectivity index (χ4n) is 4.17. The van der Waals surface area contributed by atoms with Gasteiger partial charge in [-0.3, -0.25) is 14.9 Å². The van der Waals surface area contributed by atoms with Gasteiger partial charge < -0.3 is 10.2 Å². The van der Waals surface area contributed by atoms with Gasteiger partial charge in [-0.05, 0) is 61.7 Å². The summed E-state index contributed by atoms with van der Waals surface area (Å²) < 4.78 is 1.05. The number of nitro benzene ring substituents is 1. The standard InChI is InChI=1S/C25H21ClN4O3S/c26-19-10-9-17(15-18(19)25-28-20-6-2-3-7-23(20)34-25)27-24(31)16-8-11-21(22(14-16)30(32)33)29-12-4-1-5-13-29/h2-3,6-11,14-15H,1,4-5,12-13H2,(H,27,31). The van der Waals surface area contributed by atoms with Crippen LogP contribution in [0.3, 0.4) is 0 Å². The highest BCUT2D eigenvalue weighted by molar-refractivity contribution is 7.21. The second-order valence-electron chi connectivity index (χ2n) is 8.14. The van der Waals surface area contributed by atoms with Crippen molar-refractivity contribution in [3.63, 3.8) is 0 Å². The number of nitrogens with one attached hydrogen (secondary N) is 1. The van der Waals surface area contributed by atoms with Crippen LogP contribution >= 0.6 is 22.9 Å². The maximum atomic E-state index is 13.0. The molecule has 5 rings (SSSR count). The maximum absolute atomic E-state index is 13.0. The Balaban J connectivity index is 1.41. The first-order valence-corrected chi connectivity index (χ1v) is 12.2. The monoisotopic (exact) mass is 492 g/mol. The van der Waals surface area contributed by atoms with Crippen LogP contribution < -0.4 is 10.2 Å². The fraction of sp³-hybridized carbons (Fsp3) is 0.200. The molecule has 0 bridgehead atoms. The van der Waals surface area contributed by atoms with Gasteiger partial charge in [0.1, 0.15) is 10.7 Å². The number of hydrogen-bond acceptors (Lipinski definition) is 6. The van der Waals surface area contributed by atoms with E-state index in [0.29, 0.717) is 22.0 Å². The van der Waals surface area contributed by atoms with Gasteiger partial charge in [0, 0.05) is 36.0 Å². The molecule has 3 aromatic carbocycles. The third kappa shape index (κ3) is 4.47. The predicted octanol–water partition coefficient (Wildman–Crippen LogP) is 6.77. The number of rotatable bonds is 5. The Morgan fingerprint density at radius 2 is 1.85 bits per heavy atom. The van der Waals surface area contributed by atoms with Gasteiger partial charge in [-0.25, -0.2) is 4.98 Å². The Hall–Kier alpha value is -3.49. The Morgan fingerprint density at radius 3 is 2.62 bits per heavy atom. The lowest BCUT2D eigenvalue weighted by molar-refractivity contribution is -0.384. The normalized spacial score (nSPS) is 13.7. The highest BCUT2D eigenvalue weighted by Crippen LogP contribution is 2.36. The van der Waals surface area contributed by atoms with E-state index in [1.165, 1.54) is 17.4 Å². The number of carbonyl (C=O) groups excluding carboxylic acids is 1. The molecular formula is C25H21ClN4O3S. The number of fused-ring (bicyclic) bond motifs is 1. The number of benzene rings is 3. The number of piperidine rings is 1. The summed E-state index contributed by atoms with van der Waals surface area (Å²) in [5, 5.41) is 15.9. The number of aromatic nitrogens is 1. The summed E-state index contributed by atoms with van der Waals surface area (Å²) >= 11 is 7.95. The minimum Gasteiger partial charge on any atom is -0.366 e. The number of halogens is 1. The van der Waals surface area contributed by atoms with Gasteiger partial charge >= 0.3 is 0 Å². The molecule has 1 aliphatic rings. The molecule has 1 aliphatic heterocycles. The van der Waals surface area contributed by atoms with Crippen molar-refractivity contribution < 1.29 is 9.72 Å². The minimum absolute atomic E-state index is 0.0548. The van der Waals surface area contributed by atoms with Crippen LogP contribution in [0.2, 0.25) is 5.02 Å². The van der Waals surface area contributed by atoms with E-state index in [4.69, 9.17) is 11.6 Å². The van der Waals surface area contributed by atoms with Gasteiger partial charge in [-0.15, -0.1) is 11.3 Å². The van der Waals surface area contributed by atoms with E-state index in [9.17, 15) is 14.9 Å². The van der Waals surface area contributed by atoms with Gasteiger partial charge in [0.05, 0.1) is 20.2 Å². The van der Waals surface area contributed by atoms with Crippen molar-refractivity contribution in [1.82, 2.24) is 4.98 Å². The molecule has 0 atom stereocenters. The van der Waals surface area contributed by atoms with Crippen molar-refractivity contribution in [3.8, 4) is 10.6 Å². The summed E-state index contributed by atoms with van der Waals surface area (Å²) in [5.41, 5.74) is 2.86. The molecule has 7 nitrogen and oxygen atoms in total. The van der Waals surface area contributed by atoms with Crippen molar-refractivity contribution in [3.05, 3.63) is 81.4 Å². The average molecular weight is 493 g/mol. The zero-order valence-corrected chi connectivity index (χ0v) is 19.7. The topological polar surface area (TPSA) is 88.4 Å². The molecule has 1 amide bonds. The number of para-hydroxylation sites is 1. The lowest BCUT2D eigenvalue weighted by atomic mass is 10.1. The number of amides is 1. The molecule has 1 aromatic heterocycles. The molecule has 0 unspecified atom stereocenters. The van der Waals surface area contributed by atoms with Crippen LogP contribution in [0.25, 0.3) is 20.8 Å². The van der Waals surface area contributed by atoms with Crippen molar-refractivity contribution in [2.75, 3.05) is 23.3 Å². The van der Waals surface area contributed by atoms with Gasteiger partial charge in [0.25, 0.3) is 11.6 Å². The fourth-order valence-corrected chi connectivity index (χ4v) is 5.43. The first-order chi connectivity index (χ1) is 16.5. The zero-order chi connectivity index (χ0) is 23.7. The van der Waals surface area contributed by atoms with E-state index in [2.05, 4.69) is 10.3 Å². The lowest BCUT2D eigenvalue weighted by Crippen LogP contribution is -2.30. The van der Waals surface area contributed by atoms with Crippen LogP contribution in [0.1, 0.15) is 29.6 Å². The van der Waals surface area contributed by atoms with Crippen molar-refractivity contribution in [2.45, 2.75) is 19.3 Å². The molecule has 0 aliphatic carbocycles. The number of thiazole rings is 1. The SMILES string of the molecule is O=C(Nc1ccc(Cl)c(-c2nc3ccccc3s2)c1)c1ccc(N2CCCCC2)c([N+](=O)[O-])c1. The van der Waals surface area contributed by atoms with E-state index >= 15 is 0 Å². The Bertz CT molecular complexity index is 1370. The number of nitro groups is 1. The van der Waals surface area contributed by atoms with Crippen LogP contribution in [-0.4, -0.2) is 28.9 Å². The zero-order valence-electron chi connectivity index (χ0n) is 18.2. The molecule has 0 spiro atoms. The van der Waals surface area contributed by atoms with E-state index in [1.54, 1.807) is 30.3 Å². The average Bonchev–Trinajstić information content (AvgIpc) is 3.29. The summed E-state index contributed by atoms with van der Waals surface area (Å²) in [5.74, 6) is -0.425. The molecule has 172 valence electrons. The van der Waals surface area contributed by atoms with Crippen LogP contribution in [-0.2, 0) is 0 Å². The van der Waals surface area contributed by atoms with E-state index in [-0.39, 0.29) is 11.3 Å². The molecule has 4 aromatic rings. The number of anilines is 2. The molecule has 9 heteroatoms. The van der Waals surface area contributed by atoms with Gasteiger partial charge in [-0.2, -0.15) is 0 Å². The van der Waals surface area contributed by atoms with Crippen LogP contribution in [0.4, 0.5) is 17.1 Å². The smallest absolute Gasteiger partial charge is 0.293 e. The molecule has 1 saturated heterocycles. The van der Waals surface area contributed by atoms with Crippen LogP contribution in [0, 0.1) is 10.1 Å². The third-order valence-corrected chi connectivity index (χ3v) is 7.28. The molecule has 34 heavy (non-hydrogen) atoms. The van der Waals surface area contributed by atoms with E-state index < -0.39 is 10.8 Å². The summed E-state index contributed by atoms with van der Waals surface area (Å²) in [4.78, 5) is 30.9. The molecule has 2 heterocycles. The minimum atomic E-state index is -0.425. The van der Waals surface area contributed by atoms with Crippen LogP contribution in [0.5, 0.6) is 0 Å². The second-order valence-corrected chi connectivity index (χ2v) is 9.58. The van der Waals surface area contributed by atoms with Crippen molar-refractivity contribution >= 4 is 56.1 Å². The highest BCUT2D eigenvalue weighted by atomic mass is 35.5. The maximum Gasteiger partial charge on any atom is 0.293 e.